The first kappa shape index (κ1) is 20.2. The van der Waals surface area contributed by atoms with Crippen molar-refractivity contribution >= 4 is 40.4 Å². The molecule has 0 aliphatic carbocycles. The first-order chi connectivity index (χ1) is 13.4. The molecule has 2 heterocycles. The van der Waals surface area contributed by atoms with Crippen LogP contribution in [0.15, 0.2) is 18.2 Å². The third-order valence-electron chi connectivity index (χ3n) is 5.14. The largest absolute Gasteiger partial charge is 0.368 e. The van der Waals surface area contributed by atoms with Gasteiger partial charge in [-0.1, -0.05) is 23.9 Å². The molecule has 3 rings (SSSR count). The normalized spacial score (nSPS) is 17.3. The molecule has 1 aromatic rings. The maximum atomic E-state index is 12.4. The van der Waals surface area contributed by atoms with Crippen LogP contribution in [-0.2, 0) is 14.4 Å². The number of nitrogens with one attached hydrogen (secondary N) is 1. The van der Waals surface area contributed by atoms with Gasteiger partial charge in [-0.05, 0) is 31.0 Å². The zero-order valence-corrected chi connectivity index (χ0v) is 16.9. The van der Waals surface area contributed by atoms with Crippen molar-refractivity contribution in [1.29, 1.82) is 0 Å². The molecule has 9 heteroatoms. The number of amides is 4. The number of carbonyl (C=O) groups excluding carboxylic acids is 4. The summed E-state index contributed by atoms with van der Waals surface area (Å²) in [5.74, 6) is -1.41. The lowest BCUT2D eigenvalue weighted by molar-refractivity contribution is -0.146. The van der Waals surface area contributed by atoms with E-state index in [2.05, 4.69) is 36.2 Å². The van der Waals surface area contributed by atoms with Crippen molar-refractivity contribution in [2.75, 3.05) is 49.9 Å². The fourth-order valence-corrected chi connectivity index (χ4v) is 4.08. The summed E-state index contributed by atoms with van der Waals surface area (Å²) in [7, 11) is 0. The van der Waals surface area contributed by atoms with Crippen LogP contribution in [-0.4, -0.2) is 77.8 Å². The number of carbonyl (C=O) groups is 4. The number of hydrogen-bond acceptors (Lipinski definition) is 6. The van der Waals surface area contributed by atoms with E-state index in [1.807, 2.05) is 6.07 Å². The molecule has 0 radical (unpaired) electrons. The molecular weight excluding hydrogens is 380 g/mol. The van der Waals surface area contributed by atoms with E-state index >= 15 is 0 Å². The highest BCUT2D eigenvalue weighted by Crippen LogP contribution is 2.24. The zero-order valence-electron chi connectivity index (χ0n) is 16.1. The lowest BCUT2D eigenvalue weighted by atomic mass is 10.1. The summed E-state index contributed by atoms with van der Waals surface area (Å²) in [6, 6.07) is 6.17. The Morgan fingerprint density at radius 2 is 1.82 bits per heavy atom. The van der Waals surface area contributed by atoms with Crippen LogP contribution in [0.2, 0.25) is 0 Å². The van der Waals surface area contributed by atoms with Crippen LogP contribution >= 0.6 is 11.8 Å². The Balaban J connectivity index is 1.46. The maximum absolute atomic E-state index is 12.4. The quantitative estimate of drug-likeness (QED) is 0.746. The van der Waals surface area contributed by atoms with E-state index in [0.29, 0.717) is 26.2 Å². The smallest absolute Gasteiger partial charge is 0.312 e. The molecule has 150 valence electrons. The highest BCUT2D eigenvalue weighted by atomic mass is 32.2. The minimum Gasteiger partial charge on any atom is -0.368 e. The van der Waals surface area contributed by atoms with Crippen molar-refractivity contribution in [2.24, 2.45) is 0 Å². The number of hydrogen-bond donors (Lipinski definition) is 1. The summed E-state index contributed by atoms with van der Waals surface area (Å²) in [5.41, 5.74) is 3.61. The SMILES string of the molecule is Cc1cccc(N2CCN(C(=O)C(=O)NCCN3C(=O)CSC3=O)CC2)c1C. The van der Waals surface area contributed by atoms with Gasteiger partial charge in [0.05, 0.1) is 5.75 Å². The Morgan fingerprint density at radius 3 is 2.46 bits per heavy atom. The van der Waals surface area contributed by atoms with Gasteiger partial charge in [0.2, 0.25) is 5.91 Å². The van der Waals surface area contributed by atoms with Gasteiger partial charge in [0, 0.05) is 45.0 Å². The molecule has 0 bridgehead atoms. The Morgan fingerprint density at radius 1 is 1.11 bits per heavy atom. The summed E-state index contributed by atoms with van der Waals surface area (Å²) in [4.78, 5) is 52.4. The summed E-state index contributed by atoms with van der Waals surface area (Å²) in [6.45, 7) is 6.59. The summed E-state index contributed by atoms with van der Waals surface area (Å²) >= 11 is 0.946. The van der Waals surface area contributed by atoms with Crippen molar-refractivity contribution in [3.8, 4) is 0 Å². The number of nitrogens with zero attached hydrogens (tertiary/aromatic N) is 3. The molecule has 2 fully saturated rings. The molecule has 1 N–H and O–H groups in total. The van der Waals surface area contributed by atoms with Gasteiger partial charge in [-0.15, -0.1) is 0 Å². The van der Waals surface area contributed by atoms with E-state index in [1.54, 1.807) is 4.90 Å². The Kier molecular flexibility index (Phi) is 6.23. The standard InChI is InChI=1S/C19H24N4O4S/c1-13-4-3-5-15(14(13)2)21-8-10-22(11-9-21)18(26)17(25)20-6-7-23-16(24)12-28-19(23)27/h3-5H,6-12H2,1-2H3,(H,20,25). The van der Waals surface area contributed by atoms with Crippen molar-refractivity contribution < 1.29 is 19.2 Å². The maximum Gasteiger partial charge on any atom is 0.312 e. The van der Waals surface area contributed by atoms with Gasteiger partial charge in [0.25, 0.3) is 5.24 Å². The van der Waals surface area contributed by atoms with E-state index in [1.165, 1.54) is 11.1 Å². The second-order valence-corrected chi connectivity index (χ2v) is 7.78. The molecular formula is C19H24N4O4S. The number of anilines is 1. The van der Waals surface area contributed by atoms with Crippen LogP contribution in [0.25, 0.3) is 0 Å². The van der Waals surface area contributed by atoms with E-state index in [0.717, 1.165) is 22.3 Å². The average molecular weight is 404 g/mol. The predicted octanol–water partition coefficient (Wildman–Crippen LogP) is 0.764. The molecule has 0 spiro atoms. The molecule has 0 saturated carbocycles. The van der Waals surface area contributed by atoms with Gasteiger partial charge in [-0.25, -0.2) is 0 Å². The number of aryl methyl sites for hydroxylation is 1. The average Bonchev–Trinajstić information content (AvgIpc) is 3.01. The van der Waals surface area contributed by atoms with Gasteiger partial charge in [0.15, 0.2) is 0 Å². The lowest BCUT2D eigenvalue weighted by Crippen LogP contribution is -2.53. The molecule has 28 heavy (non-hydrogen) atoms. The molecule has 2 saturated heterocycles. The monoisotopic (exact) mass is 404 g/mol. The van der Waals surface area contributed by atoms with Crippen molar-refractivity contribution in [2.45, 2.75) is 13.8 Å². The summed E-state index contributed by atoms with van der Waals surface area (Å²) in [5, 5.41) is 2.20. The molecule has 0 aromatic heterocycles. The third-order valence-corrected chi connectivity index (χ3v) is 6.00. The van der Waals surface area contributed by atoms with Crippen molar-refractivity contribution in [3.05, 3.63) is 29.3 Å². The second kappa shape index (κ2) is 8.64. The minimum atomic E-state index is -0.702. The van der Waals surface area contributed by atoms with Crippen LogP contribution in [0, 0.1) is 13.8 Å². The number of benzene rings is 1. The topological polar surface area (TPSA) is 90.0 Å². The predicted molar refractivity (Wildman–Crippen MR) is 107 cm³/mol. The van der Waals surface area contributed by atoms with E-state index < -0.39 is 11.8 Å². The second-order valence-electron chi connectivity index (χ2n) is 6.85. The fourth-order valence-electron chi connectivity index (χ4n) is 3.33. The summed E-state index contributed by atoms with van der Waals surface area (Å²) < 4.78 is 0. The van der Waals surface area contributed by atoms with E-state index in [4.69, 9.17) is 0 Å². The highest BCUT2D eigenvalue weighted by Gasteiger charge is 2.30. The molecule has 4 amide bonds. The molecule has 0 atom stereocenters. The first-order valence-electron chi connectivity index (χ1n) is 9.24. The molecule has 8 nitrogen and oxygen atoms in total. The van der Waals surface area contributed by atoms with Crippen molar-refractivity contribution in [3.63, 3.8) is 0 Å². The van der Waals surface area contributed by atoms with Crippen LogP contribution in [0.3, 0.4) is 0 Å². The van der Waals surface area contributed by atoms with Crippen LogP contribution < -0.4 is 10.2 Å². The highest BCUT2D eigenvalue weighted by molar-refractivity contribution is 8.14. The number of piperazine rings is 1. The third kappa shape index (κ3) is 4.30. The lowest BCUT2D eigenvalue weighted by Gasteiger charge is -2.36. The fraction of sp³-hybridized carbons (Fsp3) is 0.474. The molecule has 1 aromatic carbocycles. The number of thioether (sulfide) groups is 1. The van der Waals surface area contributed by atoms with Gasteiger partial charge < -0.3 is 15.1 Å². The zero-order chi connectivity index (χ0) is 20.3. The minimum absolute atomic E-state index is 0.0745. The van der Waals surface area contributed by atoms with Gasteiger partial charge in [0.1, 0.15) is 0 Å². The Bertz CT molecular complexity index is 789. The number of imide groups is 1. The molecule has 0 unspecified atom stereocenters. The van der Waals surface area contributed by atoms with Crippen LogP contribution in [0.5, 0.6) is 0 Å². The van der Waals surface area contributed by atoms with E-state index in [-0.39, 0.29) is 30.0 Å². The van der Waals surface area contributed by atoms with Gasteiger partial charge in [-0.2, -0.15) is 0 Å². The van der Waals surface area contributed by atoms with Crippen molar-refractivity contribution in [1.82, 2.24) is 15.1 Å². The van der Waals surface area contributed by atoms with Gasteiger partial charge in [-0.3, -0.25) is 24.1 Å². The molecule has 2 aliphatic heterocycles. The Hall–Kier alpha value is -2.55. The number of rotatable bonds is 4. The van der Waals surface area contributed by atoms with Crippen LogP contribution in [0.4, 0.5) is 10.5 Å². The Labute approximate surface area is 168 Å². The summed E-state index contributed by atoms with van der Waals surface area (Å²) in [6.07, 6.45) is 0. The van der Waals surface area contributed by atoms with Crippen LogP contribution in [0.1, 0.15) is 11.1 Å². The molecule has 2 aliphatic rings. The van der Waals surface area contributed by atoms with Gasteiger partial charge >= 0.3 is 11.8 Å². The van der Waals surface area contributed by atoms with E-state index in [9.17, 15) is 19.2 Å². The first-order valence-corrected chi connectivity index (χ1v) is 10.2.